The molecule has 298 valence electrons. The second-order valence-electron chi connectivity index (χ2n) is 19.5. The van der Waals surface area contributed by atoms with Crippen LogP contribution in [-0.2, 0) is 21.7 Å². The molecule has 0 amide bonds. The highest BCUT2D eigenvalue weighted by atomic mass is 15.1. The molecular weight excluding hydrogens is 735 g/mol. The van der Waals surface area contributed by atoms with Gasteiger partial charge in [-0.15, -0.1) is 0 Å². The van der Waals surface area contributed by atoms with Gasteiger partial charge in [0.15, 0.2) is 0 Å². The molecule has 0 radical (unpaired) electrons. The Morgan fingerprint density at radius 3 is 1.54 bits per heavy atom. The summed E-state index contributed by atoms with van der Waals surface area (Å²) in [6, 6.07) is 71.3. The average Bonchev–Trinajstić information content (AvgIpc) is 3.71. The van der Waals surface area contributed by atoms with Crippen molar-refractivity contribution in [2.24, 2.45) is 0 Å². The molecule has 0 heterocycles. The minimum Gasteiger partial charge on any atom is -0.310 e. The van der Waals surface area contributed by atoms with Crippen LogP contribution in [0.25, 0.3) is 33.4 Å². The number of hydrogen-bond donors (Lipinski definition) is 0. The molecule has 0 aromatic heterocycles. The number of nitrogens with zero attached hydrogens (tertiary/aromatic N) is 1. The zero-order chi connectivity index (χ0) is 41.7. The Morgan fingerprint density at radius 2 is 0.885 bits per heavy atom. The van der Waals surface area contributed by atoms with Crippen molar-refractivity contribution in [1.82, 2.24) is 0 Å². The zero-order valence-electron chi connectivity index (χ0n) is 36.3. The van der Waals surface area contributed by atoms with E-state index in [1.165, 1.54) is 96.4 Å². The van der Waals surface area contributed by atoms with Crippen molar-refractivity contribution < 1.29 is 0 Å². The first kappa shape index (κ1) is 37.6. The summed E-state index contributed by atoms with van der Waals surface area (Å²) in [5.74, 6) is 0. The Labute approximate surface area is 362 Å². The molecule has 0 spiro atoms. The zero-order valence-corrected chi connectivity index (χ0v) is 36.3. The van der Waals surface area contributed by atoms with E-state index in [0.717, 1.165) is 11.4 Å². The predicted molar refractivity (Wildman–Crippen MR) is 257 cm³/mol. The molecule has 0 saturated carbocycles. The number of fused-ring (bicyclic) bond motifs is 7. The smallest absolute Gasteiger partial charge is 0.0714 e. The second-order valence-corrected chi connectivity index (χ2v) is 19.5. The molecule has 8 aromatic rings. The first-order valence-corrected chi connectivity index (χ1v) is 22.1. The Balaban J connectivity index is 1.26. The molecular formula is C60H53N. The topological polar surface area (TPSA) is 3.24 Å². The summed E-state index contributed by atoms with van der Waals surface area (Å²) < 4.78 is 0. The molecule has 1 nitrogen and oxygen atoms in total. The van der Waals surface area contributed by atoms with Gasteiger partial charge in [0, 0.05) is 22.4 Å². The van der Waals surface area contributed by atoms with E-state index in [2.05, 4.69) is 234 Å². The quantitative estimate of drug-likeness (QED) is 0.162. The highest BCUT2D eigenvalue weighted by Crippen LogP contribution is 2.60. The number of para-hydroxylation sites is 1. The highest BCUT2D eigenvalue weighted by molar-refractivity contribution is 5.97. The summed E-state index contributed by atoms with van der Waals surface area (Å²) in [6.07, 6.45) is 2.36. The van der Waals surface area contributed by atoms with E-state index in [1.807, 2.05) is 0 Å². The molecule has 0 bridgehead atoms. The lowest BCUT2D eigenvalue weighted by Crippen LogP contribution is -2.33. The molecule has 3 aliphatic carbocycles. The third kappa shape index (κ3) is 5.52. The average molecular weight is 788 g/mol. The van der Waals surface area contributed by atoms with E-state index in [0.29, 0.717) is 0 Å². The lowest BCUT2D eigenvalue weighted by Gasteiger charge is -2.42. The number of anilines is 3. The Hall–Kier alpha value is -6.44. The van der Waals surface area contributed by atoms with Crippen LogP contribution in [0, 0.1) is 0 Å². The SMILES string of the molecule is CC1(C)CCC(C)(C)c2cc(-c3cc4c(cc3N(c3ccccc3)c3ccc5c(c3)C(C)(C)c3ccccc3-5)C(c3ccccc3)(c3ccccc3)c3ccccc3-4)ccc21. The summed E-state index contributed by atoms with van der Waals surface area (Å²) in [7, 11) is 0. The minimum absolute atomic E-state index is 0.0693. The van der Waals surface area contributed by atoms with Crippen molar-refractivity contribution in [1.29, 1.82) is 0 Å². The van der Waals surface area contributed by atoms with Gasteiger partial charge in [-0.1, -0.05) is 193 Å². The van der Waals surface area contributed by atoms with E-state index in [9.17, 15) is 0 Å². The summed E-state index contributed by atoms with van der Waals surface area (Å²) in [5.41, 5.74) is 21.6. The van der Waals surface area contributed by atoms with Crippen molar-refractivity contribution in [3.8, 4) is 33.4 Å². The van der Waals surface area contributed by atoms with Crippen LogP contribution in [0.15, 0.2) is 188 Å². The van der Waals surface area contributed by atoms with Crippen LogP contribution in [0.4, 0.5) is 17.1 Å². The fourth-order valence-electron chi connectivity index (χ4n) is 11.5. The first-order chi connectivity index (χ1) is 29.5. The molecule has 3 aliphatic rings. The highest BCUT2D eigenvalue weighted by Gasteiger charge is 2.47. The van der Waals surface area contributed by atoms with Gasteiger partial charge in [-0.2, -0.15) is 0 Å². The number of benzene rings is 8. The Kier molecular flexibility index (Phi) is 8.33. The number of rotatable bonds is 6. The fraction of sp³-hybridized carbons (Fsp3) is 0.200. The maximum Gasteiger partial charge on any atom is 0.0714 e. The summed E-state index contributed by atoms with van der Waals surface area (Å²) >= 11 is 0. The van der Waals surface area contributed by atoms with Gasteiger partial charge in [-0.05, 0) is 132 Å². The fourth-order valence-corrected chi connectivity index (χ4v) is 11.5. The largest absolute Gasteiger partial charge is 0.310 e. The van der Waals surface area contributed by atoms with Crippen molar-refractivity contribution in [3.05, 3.63) is 233 Å². The normalized spacial score (nSPS) is 16.8. The van der Waals surface area contributed by atoms with Crippen LogP contribution >= 0.6 is 0 Å². The van der Waals surface area contributed by atoms with Gasteiger partial charge in [0.2, 0.25) is 0 Å². The molecule has 0 N–H and O–H groups in total. The third-order valence-corrected chi connectivity index (χ3v) is 14.8. The molecule has 0 unspecified atom stereocenters. The lowest BCUT2D eigenvalue weighted by molar-refractivity contribution is 0.332. The van der Waals surface area contributed by atoms with Gasteiger partial charge in [0.25, 0.3) is 0 Å². The Morgan fingerprint density at radius 1 is 0.344 bits per heavy atom. The van der Waals surface area contributed by atoms with Gasteiger partial charge >= 0.3 is 0 Å². The van der Waals surface area contributed by atoms with E-state index in [1.54, 1.807) is 0 Å². The molecule has 0 saturated heterocycles. The van der Waals surface area contributed by atoms with Crippen molar-refractivity contribution in [3.63, 3.8) is 0 Å². The summed E-state index contributed by atoms with van der Waals surface area (Å²) in [6.45, 7) is 14.5. The summed E-state index contributed by atoms with van der Waals surface area (Å²) in [4.78, 5) is 2.55. The molecule has 8 aromatic carbocycles. The van der Waals surface area contributed by atoms with Gasteiger partial charge in [-0.25, -0.2) is 0 Å². The van der Waals surface area contributed by atoms with Crippen molar-refractivity contribution in [2.45, 2.75) is 76.0 Å². The maximum atomic E-state index is 2.57. The van der Waals surface area contributed by atoms with Crippen LogP contribution in [0.2, 0.25) is 0 Å². The second kappa shape index (κ2) is 13.5. The monoisotopic (exact) mass is 787 g/mol. The molecule has 0 fully saturated rings. The first-order valence-electron chi connectivity index (χ1n) is 22.1. The van der Waals surface area contributed by atoms with Gasteiger partial charge in [-0.3, -0.25) is 0 Å². The van der Waals surface area contributed by atoms with Crippen LogP contribution in [0.3, 0.4) is 0 Å². The summed E-state index contributed by atoms with van der Waals surface area (Å²) in [5, 5.41) is 0. The van der Waals surface area contributed by atoms with E-state index in [4.69, 9.17) is 0 Å². The van der Waals surface area contributed by atoms with Gasteiger partial charge in [0.1, 0.15) is 0 Å². The van der Waals surface area contributed by atoms with Crippen LogP contribution < -0.4 is 4.90 Å². The molecule has 1 heteroatoms. The molecule has 0 atom stereocenters. The standard InChI is InChI=1S/C60H53N/c1-57(2)34-35-58(3,4)55-36-40(30-33-52(55)57)48-38-49-46-27-17-19-29-51(46)60(41-20-10-7-11-21-41,42-22-12-8-13-23-42)54(49)39-56(48)61(43-24-14-9-15-25-43)44-31-32-47-45-26-16-18-28-50(45)59(5,6)53(47)37-44/h7-33,36-39H,34-35H2,1-6H3. The lowest BCUT2D eigenvalue weighted by atomic mass is 9.63. The molecule has 0 aliphatic heterocycles. The Bertz CT molecular complexity index is 2950. The predicted octanol–water partition coefficient (Wildman–Crippen LogP) is 15.8. The van der Waals surface area contributed by atoms with Crippen molar-refractivity contribution >= 4 is 17.1 Å². The van der Waals surface area contributed by atoms with Gasteiger partial charge in [0.05, 0.1) is 11.1 Å². The van der Waals surface area contributed by atoms with E-state index < -0.39 is 5.41 Å². The molecule has 11 rings (SSSR count). The third-order valence-electron chi connectivity index (χ3n) is 14.8. The maximum absolute atomic E-state index is 2.57. The van der Waals surface area contributed by atoms with Crippen molar-refractivity contribution in [2.75, 3.05) is 4.90 Å². The van der Waals surface area contributed by atoms with Crippen LogP contribution in [0.1, 0.15) is 98.9 Å². The minimum atomic E-state index is -0.534. The van der Waals surface area contributed by atoms with Crippen LogP contribution in [-0.4, -0.2) is 0 Å². The number of hydrogen-bond acceptors (Lipinski definition) is 1. The van der Waals surface area contributed by atoms with Crippen LogP contribution in [0.5, 0.6) is 0 Å². The van der Waals surface area contributed by atoms with Gasteiger partial charge < -0.3 is 4.90 Å². The van der Waals surface area contributed by atoms with E-state index >= 15 is 0 Å². The van der Waals surface area contributed by atoms with E-state index in [-0.39, 0.29) is 16.2 Å². The molecule has 61 heavy (non-hydrogen) atoms.